The van der Waals surface area contributed by atoms with Gasteiger partial charge in [0.1, 0.15) is 5.82 Å². The molecule has 0 aliphatic carbocycles. The predicted molar refractivity (Wildman–Crippen MR) is 120 cm³/mol. The number of carbonyl (C=O) groups excluding carboxylic acids is 2. The lowest BCUT2D eigenvalue weighted by molar-refractivity contribution is -0.131. The summed E-state index contributed by atoms with van der Waals surface area (Å²) < 4.78 is 20.2. The summed E-state index contributed by atoms with van der Waals surface area (Å²) in [7, 11) is 0. The normalized spacial score (nSPS) is 14.0. The van der Waals surface area contributed by atoms with Crippen molar-refractivity contribution >= 4 is 29.0 Å². The van der Waals surface area contributed by atoms with Crippen LogP contribution in [0.4, 0.5) is 10.1 Å². The fourth-order valence-electron chi connectivity index (χ4n) is 3.76. The molecule has 1 aliphatic rings. The van der Waals surface area contributed by atoms with Gasteiger partial charge in [0.05, 0.1) is 16.9 Å². The highest BCUT2D eigenvalue weighted by Gasteiger charge is 2.23. The molecule has 1 aromatic heterocycles. The van der Waals surface area contributed by atoms with E-state index in [1.807, 2.05) is 23.1 Å². The third kappa shape index (κ3) is 4.83. The van der Waals surface area contributed by atoms with E-state index in [2.05, 4.69) is 4.98 Å². The highest BCUT2D eigenvalue weighted by molar-refractivity contribution is 6.33. The van der Waals surface area contributed by atoms with Crippen molar-refractivity contribution in [3.8, 4) is 11.3 Å². The molecule has 0 bridgehead atoms. The van der Waals surface area contributed by atoms with Crippen molar-refractivity contribution in [2.75, 3.05) is 31.1 Å². The molecule has 1 saturated heterocycles. The number of hydrogen-bond acceptors (Lipinski definition) is 5. The van der Waals surface area contributed by atoms with Crippen molar-refractivity contribution in [3.63, 3.8) is 0 Å². The average Bonchev–Trinajstić information content (AvgIpc) is 3.26. The summed E-state index contributed by atoms with van der Waals surface area (Å²) >= 11 is 6.19. The number of nitrogens with zero attached hydrogens (tertiary/aromatic N) is 3. The van der Waals surface area contributed by atoms with Gasteiger partial charge in [-0.1, -0.05) is 23.7 Å². The van der Waals surface area contributed by atoms with Crippen molar-refractivity contribution in [3.05, 3.63) is 71.0 Å². The molecular weight excluding hydrogens is 433 g/mol. The SMILES string of the molecule is CC(=O)c1ccc(N2CCN(C(=O)CCc3ncc(-c4ccccc4Cl)o3)CC2)c(F)c1. The first-order valence-corrected chi connectivity index (χ1v) is 10.8. The predicted octanol–water partition coefficient (Wildman–Crippen LogP) is 4.62. The van der Waals surface area contributed by atoms with E-state index in [-0.39, 0.29) is 18.1 Å². The second kappa shape index (κ2) is 9.53. The van der Waals surface area contributed by atoms with Gasteiger partial charge in [-0.25, -0.2) is 9.37 Å². The summed E-state index contributed by atoms with van der Waals surface area (Å²) in [5.41, 5.74) is 1.57. The number of benzene rings is 2. The highest BCUT2D eigenvalue weighted by atomic mass is 35.5. The van der Waals surface area contributed by atoms with Gasteiger partial charge >= 0.3 is 0 Å². The molecule has 1 aliphatic heterocycles. The largest absolute Gasteiger partial charge is 0.441 e. The lowest BCUT2D eigenvalue weighted by Gasteiger charge is -2.36. The number of ketones is 1. The minimum Gasteiger partial charge on any atom is -0.441 e. The molecule has 32 heavy (non-hydrogen) atoms. The standard InChI is InChI=1S/C24H23ClFN3O3/c1-16(30)17-6-7-21(20(26)14-17)28-10-12-29(13-11-28)24(31)9-8-23-27-15-22(32-23)18-4-2-3-5-19(18)25/h2-7,14-15H,8-13H2,1H3. The Hall–Kier alpha value is -3.19. The quantitative estimate of drug-likeness (QED) is 0.507. The zero-order valence-corrected chi connectivity index (χ0v) is 18.4. The number of aromatic nitrogens is 1. The molecule has 8 heteroatoms. The maximum Gasteiger partial charge on any atom is 0.223 e. The number of anilines is 1. The smallest absolute Gasteiger partial charge is 0.223 e. The zero-order chi connectivity index (χ0) is 22.7. The summed E-state index contributed by atoms with van der Waals surface area (Å²) in [6.45, 7) is 3.47. The molecule has 1 fully saturated rings. The van der Waals surface area contributed by atoms with E-state index < -0.39 is 5.82 Å². The number of piperazine rings is 1. The Balaban J connectivity index is 1.30. The molecule has 4 rings (SSSR count). The minimum absolute atomic E-state index is 0.00884. The van der Waals surface area contributed by atoms with Gasteiger partial charge < -0.3 is 14.2 Å². The fraction of sp³-hybridized carbons (Fsp3) is 0.292. The molecular formula is C24H23ClFN3O3. The Labute approximate surface area is 190 Å². The van der Waals surface area contributed by atoms with Gasteiger partial charge in [-0.15, -0.1) is 0 Å². The third-order valence-electron chi connectivity index (χ3n) is 5.57. The number of amides is 1. The molecule has 0 N–H and O–H groups in total. The van der Waals surface area contributed by atoms with E-state index in [4.69, 9.17) is 16.0 Å². The topological polar surface area (TPSA) is 66.7 Å². The Morgan fingerprint density at radius 3 is 2.56 bits per heavy atom. The fourth-order valence-corrected chi connectivity index (χ4v) is 3.99. The van der Waals surface area contributed by atoms with Gasteiger partial charge in [-0.05, 0) is 37.3 Å². The van der Waals surface area contributed by atoms with E-state index in [0.29, 0.717) is 60.5 Å². The Morgan fingerprint density at radius 2 is 1.88 bits per heavy atom. The van der Waals surface area contributed by atoms with Crippen molar-refractivity contribution in [1.82, 2.24) is 9.88 Å². The van der Waals surface area contributed by atoms with Crippen molar-refractivity contribution < 1.29 is 18.4 Å². The first-order chi connectivity index (χ1) is 15.4. The average molecular weight is 456 g/mol. The monoisotopic (exact) mass is 455 g/mol. The zero-order valence-electron chi connectivity index (χ0n) is 17.7. The van der Waals surface area contributed by atoms with Crippen LogP contribution in [0.25, 0.3) is 11.3 Å². The van der Waals surface area contributed by atoms with Crippen LogP contribution in [0, 0.1) is 5.82 Å². The molecule has 1 amide bonds. The van der Waals surface area contributed by atoms with Crippen LogP contribution in [0.5, 0.6) is 0 Å². The summed E-state index contributed by atoms with van der Waals surface area (Å²) in [6.07, 6.45) is 2.29. The van der Waals surface area contributed by atoms with Gasteiger partial charge in [0.2, 0.25) is 5.91 Å². The number of oxazole rings is 1. The van der Waals surface area contributed by atoms with Crippen LogP contribution >= 0.6 is 11.6 Å². The minimum atomic E-state index is -0.421. The van der Waals surface area contributed by atoms with E-state index in [0.717, 1.165) is 5.56 Å². The lowest BCUT2D eigenvalue weighted by Crippen LogP contribution is -2.49. The van der Waals surface area contributed by atoms with E-state index in [1.54, 1.807) is 29.3 Å². The lowest BCUT2D eigenvalue weighted by atomic mass is 10.1. The van der Waals surface area contributed by atoms with Crippen molar-refractivity contribution in [2.24, 2.45) is 0 Å². The Kier molecular flexibility index (Phi) is 6.55. The van der Waals surface area contributed by atoms with Gasteiger partial charge in [0, 0.05) is 50.1 Å². The van der Waals surface area contributed by atoms with Gasteiger partial charge in [0.25, 0.3) is 0 Å². The van der Waals surface area contributed by atoms with E-state index in [1.165, 1.54) is 13.0 Å². The van der Waals surface area contributed by atoms with Crippen LogP contribution in [-0.4, -0.2) is 47.8 Å². The molecule has 6 nitrogen and oxygen atoms in total. The maximum atomic E-state index is 14.4. The number of halogens is 2. The Bertz CT molecular complexity index is 1140. The first-order valence-electron chi connectivity index (χ1n) is 10.4. The summed E-state index contributed by atoms with van der Waals surface area (Å²) in [6, 6.07) is 11.9. The second-order valence-corrected chi connectivity index (χ2v) is 8.10. The van der Waals surface area contributed by atoms with Crippen LogP contribution in [0.3, 0.4) is 0 Å². The molecule has 3 aromatic rings. The number of Topliss-reactive ketones (excluding diaryl/α,β-unsaturated/α-hetero) is 1. The number of rotatable bonds is 6. The van der Waals surface area contributed by atoms with Crippen LogP contribution in [0.15, 0.2) is 53.1 Å². The Morgan fingerprint density at radius 1 is 1.12 bits per heavy atom. The molecule has 2 aromatic carbocycles. The van der Waals surface area contributed by atoms with Crippen LogP contribution in [0.1, 0.15) is 29.6 Å². The summed E-state index contributed by atoms with van der Waals surface area (Å²) in [5.74, 6) is 0.477. The molecule has 0 radical (unpaired) electrons. The van der Waals surface area contributed by atoms with Gasteiger partial charge in [0.15, 0.2) is 17.4 Å². The molecule has 0 spiro atoms. The first kappa shape index (κ1) is 22.0. The molecule has 0 unspecified atom stereocenters. The van der Waals surface area contributed by atoms with Crippen molar-refractivity contribution in [1.29, 1.82) is 0 Å². The highest BCUT2D eigenvalue weighted by Crippen LogP contribution is 2.28. The number of carbonyl (C=O) groups is 2. The van der Waals surface area contributed by atoms with E-state index in [9.17, 15) is 14.0 Å². The summed E-state index contributed by atoms with van der Waals surface area (Å²) in [5, 5.41) is 0.580. The van der Waals surface area contributed by atoms with Crippen LogP contribution in [-0.2, 0) is 11.2 Å². The number of hydrogen-bond donors (Lipinski definition) is 0. The number of aryl methyl sites for hydroxylation is 1. The van der Waals surface area contributed by atoms with Gasteiger partial charge in [-0.2, -0.15) is 0 Å². The molecule has 0 saturated carbocycles. The molecule has 2 heterocycles. The molecule has 166 valence electrons. The van der Waals surface area contributed by atoms with Gasteiger partial charge in [-0.3, -0.25) is 9.59 Å². The summed E-state index contributed by atoms with van der Waals surface area (Å²) in [4.78, 5) is 32.0. The second-order valence-electron chi connectivity index (χ2n) is 7.69. The molecule has 0 atom stereocenters. The van der Waals surface area contributed by atoms with Crippen molar-refractivity contribution in [2.45, 2.75) is 19.8 Å². The van der Waals surface area contributed by atoms with Crippen LogP contribution in [0.2, 0.25) is 5.02 Å². The third-order valence-corrected chi connectivity index (χ3v) is 5.90. The van der Waals surface area contributed by atoms with E-state index >= 15 is 0 Å². The maximum absolute atomic E-state index is 14.4. The van der Waals surface area contributed by atoms with Crippen LogP contribution < -0.4 is 4.90 Å².